The molecule has 0 aromatic carbocycles. The molecular formula is C24H42N4. The van der Waals surface area contributed by atoms with Gasteiger partial charge in [-0.1, -0.05) is 89.9 Å². The van der Waals surface area contributed by atoms with E-state index in [0.29, 0.717) is 0 Å². The van der Waals surface area contributed by atoms with Crippen molar-refractivity contribution in [1.82, 2.24) is 19.1 Å². The summed E-state index contributed by atoms with van der Waals surface area (Å²) in [6.07, 6.45) is 34.2. The molecule has 2 aromatic rings. The molecule has 4 nitrogen and oxygen atoms in total. The van der Waals surface area contributed by atoms with Crippen molar-refractivity contribution in [2.24, 2.45) is 0 Å². The summed E-state index contributed by atoms with van der Waals surface area (Å²) < 4.78 is 4.37. The van der Waals surface area contributed by atoms with Gasteiger partial charge in [0.05, 0.1) is 12.7 Å². The summed E-state index contributed by atoms with van der Waals surface area (Å²) in [5.74, 6) is 0. The Balaban J connectivity index is 1.20. The molecule has 0 aliphatic carbocycles. The van der Waals surface area contributed by atoms with Crippen molar-refractivity contribution >= 4 is 0 Å². The molecule has 0 amide bonds. The van der Waals surface area contributed by atoms with Crippen LogP contribution in [-0.2, 0) is 13.1 Å². The summed E-state index contributed by atoms with van der Waals surface area (Å²) >= 11 is 0. The van der Waals surface area contributed by atoms with Gasteiger partial charge < -0.3 is 9.13 Å². The molecule has 0 bridgehead atoms. The third kappa shape index (κ3) is 12.0. The first-order chi connectivity index (χ1) is 13.9. The number of rotatable bonds is 19. The SMILES string of the molecule is c1cn(CCCCCCCCCCCCCCCCCCn2ccnc2)cn1. The lowest BCUT2D eigenvalue weighted by atomic mass is 10.0. The molecule has 2 rings (SSSR count). The van der Waals surface area contributed by atoms with E-state index in [4.69, 9.17) is 0 Å². The summed E-state index contributed by atoms with van der Waals surface area (Å²) in [7, 11) is 0. The summed E-state index contributed by atoms with van der Waals surface area (Å²) in [5, 5.41) is 0. The second kappa shape index (κ2) is 16.4. The Morgan fingerprint density at radius 3 is 0.929 bits per heavy atom. The Morgan fingerprint density at radius 2 is 0.679 bits per heavy atom. The lowest BCUT2D eigenvalue weighted by Gasteiger charge is -2.04. The van der Waals surface area contributed by atoms with E-state index in [1.165, 1.54) is 103 Å². The quantitative estimate of drug-likeness (QED) is 0.243. The van der Waals surface area contributed by atoms with Crippen LogP contribution >= 0.6 is 0 Å². The number of nitrogens with zero attached hydrogens (tertiary/aromatic N) is 4. The largest absolute Gasteiger partial charge is 0.337 e. The van der Waals surface area contributed by atoms with Gasteiger partial charge in [0, 0.05) is 37.9 Å². The smallest absolute Gasteiger partial charge is 0.0945 e. The minimum Gasteiger partial charge on any atom is -0.337 e. The molecule has 0 atom stereocenters. The van der Waals surface area contributed by atoms with Gasteiger partial charge in [0.25, 0.3) is 0 Å². The van der Waals surface area contributed by atoms with Crippen molar-refractivity contribution < 1.29 is 0 Å². The molecule has 0 N–H and O–H groups in total. The molecule has 0 fully saturated rings. The number of imidazole rings is 2. The molecule has 2 aromatic heterocycles. The summed E-state index contributed by atoms with van der Waals surface area (Å²) in [5.41, 5.74) is 0. The minimum absolute atomic E-state index is 1.13. The molecule has 0 unspecified atom stereocenters. The van der Waals surface area contributed by atoms with Crippen LogP contribution in [0.25, 0.3) is 0 Å². The predicted molar refractivity (Wildman–Crippen MR) is 118 cm³/mol. The Morgan fingerprint density at radius 1 is 0.393 bits per heavy atom. The summed E-state index contributed by atoms with van der Waals surface area (Å²) in [6, 6.07) is 0. The number of aromatic nitrogens is 4. The van der Waals surface area contributed by atoms with Crippen LogP contribution in [0, 0.1) is 0 Å². The highest BCUT2D eigenvalue weighted by Crippen LogP contribution is 2.14. The van der Waals surface area contributed by atoms with E-state index in [1.54, 1.807) is 0 Å². The van der Waals surface area contributed by atoms with Crippen molar-refractivity contribution in [2.45, 2.75) is 116 Å². The Hall–Kier alpha value is -1.58. The molecule has 0 spiro atoms. The topological polar surface area (TPSA) is 35.6 Å². The van der Waals surface area contributed by atoms with Gasteiger partial charge in [0.1, 0.15) is 0 Å². The third-order valence-corrected chi connectivity index (χ3v) is 5.70. The van der Waals surface area contributed by atoms with Gasteiger partial charge in [-0.3, -0.25) is 0 Å². The molecule has 2 heterocycles. The fraction of sp³-hybridized carbons (Fsp3) is 0.750. The van der Waals surface area contributed by atoms with Crippen molar-refractivity contribution in [3.8, 4) is 0 Å². The molecule has 0 saturated carbocycles. The first-order valence-electron chi connectivity index (χ1n) is 11.9. The van der Waals surface area contributed by atoms with Crippen molar-refractivity contribution in [1.29, 1.82) is 0 Å². The highest BCUT2D eigenvalue weighted by Gasteiger charge is 1.96. The van der Waals surface area contributed by atoms with Crippen LogP contribution < -0.4 is 0 Å². The second-order valence-corrected chi connectivity index (χ2v) is 8.26. The van der Waals surface area contributed by atoms with Gasteiger partial charge in [-0.25, -0.2) is 9.97 Å². The fourth-order valence-electron chi connectivity index (χ4n) is 3.90. The van der Waals surface area contributed by atoms with E-state index in [9.17, 15) is 0 Å². The highest BCUT2D eigenvalue weighted by atomic mass is 15.0. The molecule has 0 aliphatic heterocycles. The Kier molecular flexibility index (Phi) is 13.3. The van der Waals surface area contributed by atoms with Crippen LogP contribution in [-0.4, -0.2) is 19.1 Å². The van der Waals surface area contributed by atoms with Gasteiger partial charge in [-0.2, -0.15) is 0 Å². The van der Waals surface area contributed by atoms with E-state index >= 15 is 0 Å². The monoisotopic (exact) mass is 386 g/mol. The van der Waals surface area contributed by atoms with Crippen LogP contribution in [0.3, 0.4) is 0 Å². The number of hydrogen-bond acceptors (Lipinski definition) is 2. The normalized spacial score (nSPS) is 11.3. The fourth-order valence-corrected chi connectivity index (χ4v) is 3.90. The minimum atomic E-state index is 1.13. The molecule has 4 heteroatoms. The van der Waals surface area contributed by atoms with Crippen molar-refractivity contribution in [3.05, 3.63) is 37.4 Å². The zero-order valence-corrected chi connectivity index (χ0v) is 18.0. The Labute approximate surface area is 172 Å². The maximum absolute atomic E-state index is 4.09. The van der Waals surface area contributed by atoms with E-state index in [2.05, 4.69) is 31.5 Å². The van der Waals surface area contributed by atoms with Gasteiger partial charge in [-0.05, 0) is 12.8 Å². The van der Waals surface area contributed by atoms with Gasteiger partial charge in [-0.15, -0.1) is 0 Å². The molecule has 28 heavy (non-hydrogen) atoms. The van der Waals surface area contributed by atoms with Crippen LogP contribution in [0.5, 0.6) is 0 Å². The molecule has 0 saturated heterocycles. The molecular weight excluding hydrogens is 344 g/mol. The average molecular weight is 387 g/mol. The molecule has 0 aliphatic rings. The lowest BCUT2D eigenvalue weighted by molar-refractivity contribution is 0.515. The van der Waals surface area contributed by atoms with E-state index in [-0.39, 0.29) is 0 Å². The van der Waals surface area contributed by atoms with Crippen LogP contribution in [0.4, 0.5) is 0 Å². The van der Waals surface area contributed by atoms with Gasteiger partial charge in [0.15, 0.2) is 0 Å². The lowest BCUT2D eigenvalue weighted by Crippen LogP contribution is -1.94. The summed E-state index contributed by atoms with van der Waals surface area (Å²) in [4.78, 5) is 8.17. The zero-order chi connectivity index (χ0) is 19.5. The van der Waals surface area contributed by atoms with Crippen molar-refractivity contribution in [3.63, 3.8) is 0 Å². The van der Waals surface area contributed by atoms with Crippen LogP contribution in [0.1, 0.15) is 103 Å². The first-order valence-corrected chi connectivity index (χ1v) is 11.9. The maximum atomic E-state index is 4.09. The van der Waals surface area contributed by atoms with Gasteiger partial charge >= 0.3 is 0 Å². The highest BCUT2D eigenvalue weighted by molar-refractivity contribution is 4.74. The molecule has 158 valence electrons. The van der Waals surface area contributed by atoms with Crippen molar-refractivity contribution in [2.75, 3.05) is 0 Å². The third-order valence-electron chi connectivity index (χ3n) is 5.70. The van der Waals surface area contributed by atoms with E-state index < -0.39 is 0 Å². The number of unbranched alkanes of at least 4 members (excludes halogenated alkanes) is 15. The summed E-state index contributed by atoms with van der Waals surface area (Å²) in [6.45, 7) is 2.26. The average Bonchev–Trinajstić information content (AvgIpc) is 3.41. The van der Waals surface area contributed by atoms with Crippen LogP contribution in [0.2, 0.25) is 0 Å². The predicted octanol–water partition coefficient (Wildman–Crippen LogP) is 7.02. The molecule has 0 radical (unpaired) electrons. The van der Waals surface area contributed by atoms with E-state index in [1.807, 2.05) is 25.0 Å². The number of aryl methyl sites for hydroxylation is 2. The van der Waals surface area contributed by atoms with Crippen LogP contribution in [0.15, 0.2) is 37.4 Å². The maximum Gasteiger partial charge on any atom is 0.0945 e. The standard InChI is InChI=1S/C24H42N4/c1(3-5-7-9-11-13-15-19-27-21-17-25-23-27)2-4-6-8-10-12-14-16-20-28-22-18-26-24-28/h17-18,21-24H,1-16,19-20H2. The number of hydrogen-bond donors (Lipinski definition) is 0. The Bertz CT molecular complexity index is 483. The van der Waals surface area contributed by atoms with Gasteiger partial charge in [0.2, 0.25) is 0 Å². The second-order valence-electron chi connectivity index (χ2n) is 8.26. The zero-order valence-electron chi connectivity index (χ0n) is 18.0. The first kappa shape index (κ1) is 22.7. The van der Waals surface area contributed by atoms with E-state index in [0.717, 1.165) is 13.1 Å².